The summed E-state index contributed by atoms with van der Waals surface area (Å²) in [6, 6.07) is 8.52. The Morgan fingerprint density at radius 2 is 1.83 bits per heavy atom. The summed E-state index contributed by atoms with van der Waals surface area (Å²) in [5.41, 5.74) is 7.55. The summed E-state index contributed by atoms with van der Waals surface area (Å²) in [6.07, 6.45) is 7.52. The fraction of sp³-hybridized carbons (Fsp3) is 0.579. The number of carbonyl (C=O) groups excluding carboxylic acids is 2. The molecule has 0 bridgehead atoms. The molecule has 2 atom stereocenters. The minimum atomic E-state index is -0.797. The van der Waals surface area contributed by atoms with Gasteiger partial charge in [-0.25, -0.2) is 0 Å². The van der Waals surface area contributed by atoms with Crippen molar-refractivity contribution >= 4 is 11.8 Å². The van der Waals surface area contributed by atoms with Crippen LogP contribution >= 0.6 is 0 Å². The normalized spacial score (nSPS) is 30.7. The van der Waals surface area contributed by atoms with Crippen molar-refractivity contribution in [3.8, 4) is 0 Å². The molecule has 23 heavy (non-hydrogen) atoms. The van der Waals surface area contributed by atoms with Crippen LogP contribution in [0.1, 0.15) is 56.1 Å². The molecule has 2 unspecified atom stereocenters. The lowest BCUT2D eigenvalue weighted by atomic mass is 9.78. The Bertz CT molecular complexity index is 663. The molecule has 2 amide bonds. The average molecular weight is 312 g/mol. The third-order valence-corrected chi connectivity index (χ3v) is 6.31. The van der Waals surface area contributed by atoms with Gasteiger partial charge in [0.15, 0.2) is 0 Å². The van der Waals surface area contributed by atoms with E-state index in [-0.39, 0.29) is 23.1 Å². The molecule has 0 saturated heterocycles. The zero-order valence-electron chi connectivity index (χ0n) is 13.4. The van der Waals surface area contributed by atoms with Crippen LogP contribution < -0.4 is 11.1 Å². The molecular weight excluding hydrogens is 288 g/mol. The van der Waals surface area contributed by atoms with E-state index in [1.807, 2.05) is 0 Å². The molecule has 1 aromatic rings. The Kier molecular flexibility index (Phi) is 3.26. The summed E-state index contributed by atoms with van der Waals surface area (Å²) in [5.74, 6) is -0.342. The first-order valence-electron chi connectivity index (χ1n) is 8.78. The maximum atomic E-state index is 12.8. The number of primary amides is 1. The highest BCUT2D eigenvalue weighted by atomic mass is 16.2. The first-order chi connectivity index (χ1) is 11.1. The van der Waals surface area contributed by atoms with Crippen molar-refractivity contribution in [2.75, 3.05) is 0 Å². The van der Waals surface area contributed by atoms with E-state index in [2.05, 4.69) is 29.6 Å². The zero-order chi connectivity index (χ0) is 16.1. The lowest BCUT2D eigenvalue weighted by molar-refractivity contribution is -0.132. The molecule has 4 heteroatoms. The number of hydrogen-bond donors (Lipinski definition) is 2. The van der Waals surface area contributed by atoms with Crippen LogP contribution in [0.15, 0.2) is 24.3 Å². The maximum absolute atomic E-state index is 12.8. The molecular formula is C19H24N2O2. The first kappa shape index (κ1) is 14.7. The fourth-order valence-electron chi connectivity index (χ4n) is 4.91. The van der Waals surface area contributed by atoms with Gasteiger partial charge in [0.1, 0.15) is 5.54 Å². The lowest BCUT2D eigenvalue weighted by Gasteiger charge is -2.29. The molecule has 0 heterocycles. The van der Waals surface area contributed by atoms with Gasteiger partial charge in [-0.15, -0.1) is 0 Å². The number of nitrogens with one attached hydrogen (secondary N) is 1. The zero-order valence-corrected chi connectivity index (χ0v) is 13.4. The van der Waals surface area contributed by atoms with Crippen molar-refractivity contribution in [3.63, 3.8) is 0 Å². The second-order valence-corrected chi connectivity index (χ2v) is 7.57. The average Bonchev–Trinajstić information content (AvgIpc) is 3.05. The number of carbonyl (C=O) groups is 2. The number of benzene rings is 1. The molecule has 1 aromatic carbocycles. The Hall–Kier alpha value is -1.84. The Labute approximate surface area is 136 Å². The molecule has 0 radical (unpaired) electrons. The summed E-state index contributed by atoms with van der Waals surface area (Å²) in [6.45, 7) is 0. The maximum Gasteiger partial charge on any atom is 0.243 e. The van der Waals surface area contributed by atoms with Crippen molar-refractivity contribution in [2.24, 2.45) is 11.7 Å². The van der Waals surface area contributed by atoms with Gasteiger partial charge in [0.25, 0.3) is 0 Å². The van der Waals surface area contributed by atoms with Crippen LogP contribution in [0.3, 0.4) is 0 Å². The van der Waals surface area contributed by atoms with Gasteiger partial charge in [0.2, 0.25) is 11.8 Å². The summed E-state index contributed by atoms with van der Waals surface area (Å²) >= 11 is 0. The highest BCUT2D eigenvalue weighted by Gasteiger charge is 2.61. The lowest BCUT2D eigenvalue weighted by Crippen LogP contribution is -2.56. The van der Waals surface area contributed by atoms with E-state index in [0.29, 0.717) is 12.8 Å². The number of amides is 2. The largest absolute Gasteiger partial charge is 0.368 e. The molecule has 122 valence electrons. The van der Waals surface area contributed by atoms with E-state index >= 15 is 0 Å². The van der Waals surface area contributed by atoms with Gasteiger partial charge in [-0.05, 0) is 49.7 Å². The van der Waals surface area contributed by atoms with Gasteiger partial charge >= 0.3 is 0 Å². The number of aryl methyl sites for hydroxylation is 1. The van der Waals surface area contributed by atoms with Crippen molar-refractivity contribution in [2.45, 2.75) is 62.3 Å². The molecule has 3 N–H and O–H groups in total. The van der Waals surface area contributed by atoms with Crippen molar-refractivity contribution in [1.29, 1.82) is 0 Å². The summed E-state index contributed by atoms with van der Waals surface area (Å²) in [4.78, 5) is 24.7. The third-order valence-electron chi connectivity index (χ3n) is 6.31. The first-order valence-corrected chi connectivity index (χ1v) is 8.78. The van der Waals surface area contributed by atoms with Gasteiger partial charge in [0.05, 0.1) is 0 Å². The monoisotopic (exact) mass is 312 g/mol. The Morgan fingerprint density at radius 3 is 2.57 bits per heavy atom. The number of nitrogens with two attached hydrogens (primary N) is 1. The minimum Gasteiger partial charge on any atom is -0.368 e. The fourth-order valence-corrected chi connectivity index (χ4v) is 4.91. The molecule has 1 spiro atoms. The van der Waals surface area contributed by atoms with E-state index in [4.69, 9.17) is 5.73 Å². The highest BCUT2D eigenvalue weighted by Crippen LogP contribution is 2.60. The predicted molar refractivity (Wildman–Crippen MR) is 87.7 cm³/mol. The van der Waals surface area contributed by atoms with Crippen molar-refractivity contribution < 1.29 is 9.59 Å². The topological polar surface area (TPSA) is 72.2 Å². The van der Waals surface area contributed by atoms with Crippen LogP contribution in [-0.4, -0.2) is 17.4 Å². The van der Waals surface area contributed by atoms with Gasteiger partial charge in [-0.3, -0.25) is 9.59 Å². The quantitative estimate of drug-likeness (QED) is 0.898. The molecule has 3 aliphatic carbocycles. The second kappa shape index (κ2) is 5.08. The molecule has 2 saturated carbocycles. The molecule has 2 fully saturated rings. The van der Waals surface area contributed by atoms with Crippen LogP contribution in [0.5, 0.6) is 0 Å². The van der Waals surface area contributed by atoms with E-state index in [1.54, 1.807) is 0 Å². The molecule has 0 aromatic heterocycles. The van der Waals surface area contributed by atoms with Crippen LogP contribution in [0.25, 0.3) is 0 Å². The Balaban J connectivity index is 1.55. The van der Waals surface area contributed by atoms with Gasteiger partial charge in [0, 0.05) is 11.3 Å². The van der Waals surface area contributed by atoms with E-state index < -0.39 is 5.54 Å². The van der Waals surface area contributed by atoms with Crippen molar-refractivity contribution in [1.82, 2.24) is 5.32 Å². The van der Waals surface area contributed by atoms with E-state index in [9.17, 15) is 9.59 Å². The minimum absolute atomic E-state index is 0.000718. The van der Waals surface area contributed by atoms with Crippen LogP contribution in [0.2, 0.25) is 0 Å². The highest BCUT2D eigenvalue weighted by molar-refractivity contribution is 5.93. The number of hydrogen-bond acceptors (Lipinski definition) is 2. The van der Waals surface area contributed by atoms with E-state index in [0.717, 1.165) is 38.5 Å². The van der Waals surface area contributed by atoms with Crippen LogP contribution in [0.4, 0.5) is 0 Å². The Morgan fingerprint density at radius 1 is 1.09 bits per heavy atom. The molecule has 3 aliphatic rings. The van der Waals surface area contributed by atoms with Gasteiger partial charge in [-0.2, -0.15) is 0 Å². The summed E-state index contributed by atoms with van der Waals surface area (Å²) in [5, 5.41) is 3.04. The van der Waals surface area contributed by atoms with E-state index in [1.165, 1.54) is 11.1 Å². The standard InChI is InChI=1S/C19H24N2O2/c20-17(23)19(10-3-4-11-19)21-16(22)15-12-18(15)9-5-7-13-6-1-2-8-14(13)18/h1-2,6,8,15H,3-5,7,9-12H2,(H2,20,23)(H,21,22). The van der Waals surface area contributed by atoms with Gasteiger partial charge < -0.3 is 11.1 Å². The SMILES string of the molecule is NC(=O)C1(NC(=O)C2CC23CCCc2ccccc23)CCCC1. The van der Waals surface area contributed by atoms with Crippen LogP contribution in [-0.2, 0) is 21.4 Å². The second-order valence-electron chi connectivity index (χ2n) is 7.57. The molecule has 0 aliphatic heterocycles. The molecule has 4 nitrogen and oxygen atoms in total. The third kappa shape index (κ3) is 2.19. The van der Waals surface area contributed by atoms with Gasteiger partial charge in [-0.1, -0.05) is 37.1 Å². The summed E-state index contributed by atoms with van der Waals surface area (Å²) < 4.78 is 0. The van der Waals surface area contributed by atoms with Crippen molar-refractivity contribution in [3.05, 3.63) is 35.4 Å². The smallest absolute Gasteiger partial charge is 0.243 e. The molecule has 4 rings (SSSR count). The van der Waals surface area contributed by atoms with Crippen LogP contribution in [0, 0.1) is 5.92 Å². The number of rotatable bonds is 3. The number of fused-ring (bicyclic) bond motifs is 2. The summed E-state index contributed by atoms with van der Waals surface area (Å²) in [7, 11) is 0. The predicted octanol–water partition coefficient (Wildman–Crippen LogP) is 2.19.